The van der Waals surface area contributed by atoms with Crippen LogP contribution in [0.1, 0.15) is 23.3 Å². The molecule has 0 bridgehead atoms. The van der Waals surface area contributed by atoms with Crippen molar-refractivity contribution in [1.82, 2.24) is 10.3 Å². The van der Waals surface area contributed by atoms with Crippen LogP contribution in [-0.2, 0) is 16.8 Å². The normalized spacial score (nSPS) is 13.6. The first kappa shape index (κ1) is 16.5. The van der Waals surface area contributed by atoms with Crippen molar-refractivity contribution in [3.05, 3.63) is 52.2 Å². The van der Waals surface area contributed by atoms with E-state index in [0.717, 1.165) is 4.88 Å². The molecule has 0 fully saturated rings. The van der Waals surface area contributed by atoms with Gasteiger partial charge in [-0.2, -0.15) is 0 Å². The monoisotopic (exact) mass is 346 g/mol. The van der Waals surface area contributed by atoms with Crippen LogP contribution in [0.2, 0.25) is 0 Å². The molecule has 0 aromatic carbocycles. The molecule has 0 saturated heterocycles. The van der Waals surface area contributed by atoms with E-state index in [1.807, 2.05) is 17.5 Å². The van der Waals surface area contributed by atoms with Crippen molar-refractivity contribution in [3.8, 4) is 11.7 Å². The second-order valence-electron chi connectivity index (χ2n) is 5.70. The predicted octanol–water partition coefficient (Wildman–Crippen LogP) is 2.87. The topological polar surface area (TPSA) is 88.5 Å². The fourth-order valence-electron chi connectivity index (χ4n) is 2.26. The van der Waals surface area contributed by atoms with E-state index in [2.05, 4.69) is 10.3 Å². The maximum Gasteiger partial charge on any atom is 0.263 e. The maximum atomic E-state index is 12.2. The summed E-state index contributed by atoms with van der Waals surface area (Å²) < 4.78 is 10.8. The van der Waals surface area contributed by atoms with Gasteiger partial charge in [0.25, 0.3) is 5.89 Å². The van der Waals surface area contributed by atoms with Gasteiger partial charge < -0.3 is 19.3 Å². The average molecular weight is 346 g/mol. The number of rotatable bonds is 6. The van der Waals surface area contributed by atoms with Gasteiger partial charge in [0.15, 0.2) is 5.76 Å². The Morgan fingerprint density at radius 3 is 2.92 bits per heavy atom. The molecule has 24 heavy (non-hydrogen) atoms. The van der Waals surface area contributed by atoms with Crippen molar-refractivity contribution < 1.29 is 18.7 Å². The summed E-state index contributed by atoms with van der Waals surface area (Å²) in [6, 6.07) is 7.20. The molecule has 2 N–H and O–H groups in total. The summed E-state index contributed by atoms with van der Waals surface area (Å²) in [6.07, 6.45) is 1.62. The van der Waals surface area contributed by atoms with Gasteiger partial charge in [0.2, 0.25) is 5.91 Å². The van der Waals surface area contributed by atoms with Crippen LogP contribution in [0.5, 0.6) is 0 Å². The van der Waals surface area contributed by atoms with Crippen molar-refractivity contribution in [2.45, 2.75) is 25.9 Å². The van der Waals surface area contributed by atoms with Gasteiger partial charge >= 0.3 is 0 Å². The molecule has 126 valence electrons. The third kappa shape index (κ3) is 3.58. The van der Waals surface area contributed by atoms with Crippen molar-refractivity contribution >= 4 is 17.2 Å². The third-order valence-corrected chi connectivity index (χ3v) is 4.76. The molecule has 1 atom stereocenters. The van der Waals surface area contributed by atoms with Crippen LogP contribution in [0.4, 0.5) is 0 Å². The highest BCUT2D eigenvalue weighted by atomic mass is 32.1. The smallest absolute Gasteiger partial charge is 0.263 e. The van der Waals surface area contributed by atoms with E-state index in [1.165, 1.54) is 17.6 Å². The molecule has 3 heterocycles. The van der Waals surface area contributed by atoms with Crippen LogP contribution in [-0.4, -0.2) is 22.5 Å². The van der Waals surface area contributed by atoms with E-state index < -0.39 is 5.60 Å². The van der Waals surface area contributed by atoms with Gasteiger partial charge in [-0.3, -0.25) is 4.79 Å². The Labute approximate surface area is 143 Å². The lowest BCUT2D eigenvalue weighted by molar-refractivity contribution is -0.121. The van der Waals surface area contributed by atoms with Crippen molar-refractivity contribution in [1.29, 1.82) is 0 Å². The number of furan rings is 1. The molecular formula is C17H18N2O4S. The molecular weight excluding hydrogens is 328 g/mol. The number of amides is 1. The van der Waals surface area contributed by atoms with Crippen molar-refractivity contribution in [3.63, 3.8) is 0 Å². The number of aryl methyl sites for hydroxylation is 1. The number of nitrogens with zero attached hydrogens (tertiary/aromatic N) is 1. The van der Waals surface area contributed by atoms with Crippen LogP contribution >= 0.6 is 11.3 Å². The third-order valence-electron chi connectivity index (χ3n) is 3.63. The Bertz CT molecular complexity index is 804. The van der Waals surface area contributed by atoms with Crippen LogP contribution in [0, 0.1) is 6.92 Å². The average Bonchev–Trinajstić information content (AvgIpc) is 3.28. The number of hydrogen-bond donors (Lipinski definition) is 2. The highest BCUT2D eigenvalue weighted by Crippen LogP contribution is 2.25. The van der Waals surface area contributed by atoms with E-state index in [4.69, 9.17) is 8.83 Å². The Balaban J connectivity index is 1.61. The number of oxazole rings is 1. The number of hydrogen-bond acceptors (Lipinski definition) is 6. The summed E-state index contributed by atoms with van der Waals surface area (Å²) in [6.45, 7) is 3.56. The summed E-state index contributed by atoms with van der Waals surface area (Å²) in [7, 11) is 0. The lowest BCUT2D eigenvalue weighted by Crippen LogP contribution is -2.38. The highest BCUT2D eigenvalue weighted by Gasteiger charge is 2.25. The van der Waals surface area contributed by atoms with E-state index in [-0.39, 0.29) is 18.9 Å². The van der Waals surface area contributed by atoms with E-state index in [1.54, 1.807) is 26.0 Å². The molecule has 0 aliphatic carbocycles. The number of aromatic nitrogens is 1. The molecule has 3 rings (SSSR count). The molecule has 1 unspecified atom stereocenters. The molecule has 0 aliphatic rings. The summed E-state index contributed by atoms with van der Waals surface area (Å²) in [4.78, 5) is 17.3. The first-order valence-corrected chi connectivity index (χ1v) is 8.37. The Hall–Kier alpha value is -2.38. The predicted molar refractivity (Wildman–Crippen MR) is 89.5 cm³/mol. The molecule has 3 aromatic heterocycles. The first-order chi connectivity index (χ1) is 11.5. The SMILES string of the molecule is Cc1oc(-c2ccco2)nc1CC(=O)NCC(C)(O)c1cccs1. The quantitative estimate of drug-likeness (QED) is 0.716. The molecule has 7 heteroatoms. The van der Waals surface area contributed by atoms with Gasteiger partial charge in [-0.1, -0.05) is 6.07 Å². The van der Waals surface area contributed by atoms with E-state index in [9.17, 15) is 9.90 Å². The van der Waals surface area contributed by atoms with E-state index in [0.29, 0.717) is 23.1 Å². The van der Waals surface area contributed by atoms with Crippen molar-refractivity contribution in [2.75, 3.05) is 6.54 Å². The zero-order valence-electron chi connectivity index (χ0n) is 13.4. The molecule has 0 aliphatic heterocycles. The fraction of sp³-hybridized carbons (Fsp3) is 0.294. The Morgan fingerprint density at radius 2 is 2.25 bits per heavy atom. The minimum atomic E-state index is -1.10. The van der Waals surface area contributed by atoms with Crippen molar-refractivity contribution in [2.24, 2.45) is 0 Å². The van der Waals surface area contributed by atoms with Crippen LogP contribution < -0.4 is 5.32 Å². The minimum absolute atomic E-state index is 0.0799. The van der Waals surface area contributed by atoms with E-state index >= 15 is 0 Å². The fourth-order valence-corrected chi connectivity index (χ4v) is 3.04. The van der Waals surface area contributed by atoms with Crippen LogP contribution in [0.25, 0.3) is 11.7 Å². The molecule has 0 radical (unpaired) electrons. The Morgan fingerprint density at radius 1 is 1.42 bits per heavy atom. The molecule has 3 aromatic rings. The number of nitrogens with one attached hydrogen (secondary N) is 1. The maximum absolute atomic E-state index is 12.2. The highest BCUT2D eigenvalue weighted by molar-refractivity contribution is 7.10. The summed E-state index contributed by atoms with van der Waals surface area (Å²) in [5.74, 6) is 1.21. The second-order valence-corrected chi connectivity index (χ2v) is 6.65. The number of thiophene rings is 1. The van der Waals surface area contributed by atoms with Crippen LogP contribution in [0.3, 0.4) is 0 Å². The lowest BCUT2D eigenvalue weighted by Gasteiger charge is -2.22. The molecule has 0 spiro atoms. The van der Waals surface area contributed by atoms with Gasteiger partial charge in [0, 0.05) is 4.88 Å². The van der Waals surface area contributed by atoms with Gasteiger partial charge in [-0.15, -0.1) is 11.3 Å². The summed E-state index contributed by atoms with van der Waals surface area (Å²) in [5, 5.41) is 15.1. The molecule has 6 nitrogen and oxygen atoms in total. The number of carbonyl (C=O) groups excluding carboxylic acids is 1. The summed E-state index contributed by atoms with van der Waals surface area (Å²) in [5.41, 5.74) is -0.545. The molecule has 1 amide bonds. The van der Waals surface area contributed by atoms with Gasteiger partial charge in [0.1, 0.15) is 11.4 Å². The standard InChI is InChI=1S/C17H18N2O4S/c1-11-12(19-16(23-11)13-5-3-7-22-13)9-15(20)18-10-17(2,21)14-6-4-8-24-14/h3-8,21H,9-10H2,1-2H3,(H,18,20). The van der Waals surface area contributed by atoms with Crippen LogP contribution in [0.15, 0.2) is 44.7 Å². The number of carbonyl (C=O) groups is 1. The minimum Gasteiger partial charge on any atom is -0.459 e. The number of aliphatic hydroxyl groups is 1. The van der Waals surface area contributed by atoms with Gasteiger partial charge in [-0.05, 0) is 37.4 Å². The van der Waals surface area contributed by atoms with Gasteiger partial charge in [0.05, 0.1) is 24.9 Å². The Kier molecular flexibility index (Phi) is 4.55. The lowest BCUT2D eigenvalue weighted by atomic mass is 10.1. The first-order valence-electron chi connectivity index (χ1n) is 7.49. The van der Waals surface area contributed by atoms with Gasteiger partial charge in [-0.25, -0.2) is 4.98 Å². The second kappa shape index (κ2) is 6.62. The summed E-state index contributed by atoms with van der Waals surface area (Å²) >= 11 is 1.45. The zero-order chi connectivity index (χ0) is 17.2. The zero-order valence-corrected chi connectivity index (χ0v) is 14.2. The largest absolute Gasteiger partial charge is 0.459 e. The molecule has 0 saturated carbocycles.